The van der Waals surface area contributed by atoms with Crippen molar-refractivity contribution in [1.29, 1.82) is 0 Å². The SMILES string of the molecule is CNC(=O)c1c(OC)ccc2c(C(F)(F)F)cccc12. The van der Waals surface area contributed by atoms with Crippen LogP contribution in [0.3, 0.4) is 0 Å². The van der Waals surface area contributed by atoms with Gasteiger partial charge in [0.2, 0.25) is 0 Å². The van der Waals surface area contributed by atoms with Gasteiger partial charge in [-0.2, -0.15) is 13.2 Å². The number of nitrogens with one attached hydrogen (secondary N) is 1. The number of alkyl halides is 3. The van der Waals surface area contributed by atoms with E-state index in [0.717, 1.165) is 6.07 Å². The molecule has 2 rings (SSSR count). The number of hydrogen-bond acceptors (Lipinski definition) is 2. The summed E-state index contributed by atoms with van der Waals surface area (Å²) in [5, 5.41) is 2.58. The average molecular weight is 283 g/mol. The van der Waals surface area contributed by atoms with Crippen molar-refractivity contribution in [3.8, 4) is 5.75 Å². The predicted molar refractivity (Wildman–Crippen MR) is 68.9 cm³/mol. The van der Waals surface area contributed by atoms with Crippen LogP contribution < -0.4 is 10.1 Å². The van der Waals surface area contributed by atoms with E-state index in [-0.39, 0.29) is 22.1 Å². The molecule has 2 aromatic carbocycles. The van der Waals surface area contributed by atoms with Crippen molar-refractivity contribution in [2.45, 2.75) is 6.18 Å². The molecule has 20 heavy (non-hydrogen) atoms. The number of ether oxygens (including phenoxy) is 1. The Bertz CT molecular complexity index is 665. The topological polar surface area (TPSA) is 38.3 Å². The molecule has 0 unspecified atom stereocenters. The van der Waals surface area contributed by atoms with Crippen LogP contribution in [0.15, 0.2) is 30.3 Å². The van der Waals surface area contributed by atoms with Crippen LogP contribution in [-0.4, -0.2) is 20.1 Å². The number of carbonyl (C=O) groups is 1. The predicted octanol–water partition coefficient (Wildman–Crippen LogP) is 3.23. The summed E-state index contributed by atoms with van der Waals surface area (Å²) in [4.78, 5) is 11.9. The standard InChI is InChI=1S/C14H12F3NO2/c1-18-13(19)12-9-4-3-5-10(14(15,16)17)8(9)6-7-11(12)20-2/h3-7H,1-2H3,(H,18,19). The molecule has 106 valence electrons. The van der Waals surface area contributed by atoms with Gasteiger partial charge in [0.15, 0.2) is 0 Å². The fourth-order valence-corrected chi connectivity index (χ4v) is 2.11. The maximum Gasteiger partial charge on any atom is 0.417 e. The Balaban J connectivity index is 2.86. The summed E-state index contributed by atoms with van der Waals surface area (Å²) in [6, 6.07) is 6.41. The van der Waals surface area contributed by atoms with Crippen molar-refractivity contribution < 1.29 is 22.7 Å². The minimum absolute atomic E-state index is 0.0283. The molecule has 0 aromatic heterocycles. The molecule has 1 amide bonds. The van der Waals surface area contributed by atoms with Crippen LogP contribution in [0.1, 0.15) is 15.9 Å². The van der Waals surface area contributed by atoms with Gasteiger partial charge in [0.25, 0.3) is 5.91 Å². The second-order valence-corrected chi connectivity index (χ2v) is 4.12. The highest BCUT2D eigenvalue weighted by atomic mass is 19.4. The molecule has 0 bridgehead atoms. The summed E-state index contributed by atoms with van der Waals surface area (Å²) < 4.78 is 44.0. The minimum Gasteiger partial charge on any atom is -0.496 e. The minimum atomic E-state index is -4.48. The van der Waals surface area contributed by atoms with Gasteiger partial charge in [0.05, 0.1) is 18.2 Å². The molecule has 1 N–H and O–H groups in total. The van der Waals surface area contributed by atoms with Gasteiger partial charge in [-0.25, -0.2) is 0 Å². The van der Waals surface area contributed by atoms with Gasteiger partial charge < -0.3 is 10.1 Å². The summed E-state index contributed by atoms with van der Waals surface area (Å²) >= 11 is 0. The molecular formula is C14H12F3NO2. The van der Waals surface area contributed by atoms with E-state index in [4.69, 9.17) is 4.74 Å². The number of amides is 1. The van der Waals surface area contributed by atoms with Crippen molar-refractivity contribution in [3.05, 3.63) is 41.5 Å². The smallest absolute Gasteiger partial charge is 0.417 e. The van der Waals surface area contributed by atoms with Crippen LogP contribution in [-0.2, 0) is 6.18 Å². The Morgan fingerprint density at radius 3 is 2.40 bits per heavy atom. The van der Waals surface area contributed by atoms with Gasteiger partial charge in [-0.1, -0.05) is 18.2 Å². The molecule has 3 nitrogen and oxygen atoms in total. The summed E-state index contributed by atoms with van der Waals surface area (Å²) in [6.07, 6.45) is -4.48. The normalized spacial score (nSPS) is 11.4. The Kier molecular flexibility index (Phi) is 3.57. The third kappa shape index (κ3) is 2.29. The third-order valence-corrected chi connectivity index (χ3v) is 3.00. The second kappa shape index (κ2) is 5.03. The van der Waals surface area contributed by atoms with Gasteiger partial charge in [0, 0.05) is 7.05 Å². The van der Waals surface area contributed by atoms with Crippen LogP contribution in [0.4, 0.5) is 13.2 Å². The van der Waals surface area contributed by atoms with E-state index in [9.17, 15) is 18.0 Å². The number of fused-ring (bicyclic) bond motifs is 1. The quantitative estimate of drug-likeness (QED) is 0.919. The summed E-state index contributed by atoms with van der Waals surface area (Å²) in [7, 11) is 2.77. The maximum absolute atomic E-state index is 13.0. The molecule has 0 aliphatic rings. The number of carbonyl (C=O) groups excluding carboxylic acids is 1. The van der Waals surface area contributed by atoms with Crippen molar-refractivity contribution in [2.75, 3.05) is 14.2 Å². The number of halogens is 3. The lowest BCUT2D eigenvalue weighted by Crippen LogP contribution is -2.19. The highest BCUT2D eigenvalue weighted by Crippen LogP contribution is 2.37. The molecule has 0 aliphatic carbocycles. The summed E-state index contributed by atoms with van der Waals surface area (Å²) in [6.45, 7) is 0. The summed E-state index contributed by atoms with van der Waals surface area (Å²) in [5.41, 5.74) is -0.679. The van der Waals surface area contributed by atoms with E-state index < -0.39 is 17.6 Å². The van der Waals surface area contributed by atoms with Crippen LogP contribution in [0.5, 0.6) is 5.75 Å². The third-order valence-electron chi connectivity index (χ3n) is 3.00. The van der Waals surface area contributed by atoms with Crippen LogP contribution >= 0.6 is 0 Å². The van der Waals surface area contributed by atoms with Gasteiger partial charge in [0.1, 0.15) is 5.75 Å². The monoisotopic (exact) mass is 283 g/mol. The fourth-order valence-electron chi connectivity index (χ4n) is 2.11. The van der Waals surface area contributed by atoms with Gasteiger partial charge in [-0.15, -0.1) is 0 Å². The first-order valence-corrected chi connectivity index (χ1v) is 5.79. The lowest BCUT2D eigenvalue weighted by atomic mass is 9.98. The summed E-state index contributed by atoms with van der Waals surface area (Å²) in [5.74, 6) is -0.261. The first-order valence-electron chi connectivity index (χ1n) is 5.79. The first-order chi connectivity index (χ1) is 9.40. The molecular weight excluding hydrogens is 271 g/mol. The lowest BCUT2D eigenvalue weighted by molar-refractivity contribution is -0.136. The maximum atomic E-state index is 13.0. The van der Waals surface area contributed by atoms with Gasteiger partial charge in [-0.05, 0) is 22.9 Å². The van der Waals surface area contributed by atoms with Crippen LogP contribution in [0, 0.1) is 0 Å². The lowest BCUT2D eigenvalue weighted by Gasteiger charge is -2.14. The van der Waals surface area contributed by atoms with E-state index in [1.807, 2.05) is 0 Å². The van der Waals surface area contributed by atoms with E-state index >= 15 is 0 Å². The largest absolute Gasteiger partial charge is 0.496 e. The van der Waals surface area contributed by atoms with Crippen molar-refractivity contribution >= 4 is 16.7 Å². The molecule has 0 saturated carbocycles. The van der Waals surface area contributed by atoms with Crippen LogP contribution in [0.25, 0.3) is 10.8 Å². The van der Waals surface area contributed by atoms with E-state index in [0.29, 0.717) is 0 Å². The van der Waals surface area contributed by atoms with Crippen molar-refractivity contribution in [2.24, 2.45) is 0 Å². The molecule has 0 atom stereocenters. The van der Waals surface area contributed by atoms with E-state index in [1.54, 1.807) is 0 Å². The first kappa shape index (κ1) is 14.2. The highest BCUT2D eigenvalue weighted by molar-refractivity contribution is 6.10. The van der Waals surface area contributed by atoms with Crippen molar-refractivity contribution in [3.63, 3.8) is 0 Å². The number of hydrogen-bond donors (Lipinski definition) is 1. The molecule has 6 heteroatoms. The van der Waals surface area contributed by atoms with Crippen molar-refractivity contribution in [1.82, 2.24) is 5.32 Å². The zero-order valence-corrected chi connectivity index (χ0v) is 10.8. The second-order valence-electron chi connectivity index (χ2n) is 4.12. The molecule has 2 aromatic rings. The molecule has 0 saturated heterocycles. The zero-order chi connectivity index (χ0) is 14.9. The molecule has 0 spiro atoms. The van der Waals surface area contributed by atoms with E-state index in [1.165, 1.54) is 38.4 Å². The molecule has 0 fully saturated rings. The average Bonchev–Trinajstić information content (AvgIpc) is 2.43. The Hall–Kier alpha value is -2.24. The van der Waals surface area contributed by atoms with Gasteiger partial charge in [-0.3, -0.25) is 4.79 Å². The highest BCUT2D eigenvalue weighted by Gasteiger charge is 2.33. The molecule has 0 aliphatic heterocycles. The molecule has 0 heterocycles. The number of methoxy groups -OCH3 is 1. The number of rotatable bonds is 2. The molecule has 0 radical (unpaired) electrons. The fraction of sp³-hybridized carbons (Fsp3) is 0.214. The number of benzene rings is 2. The van der Waals surface area contributed by atoms with Crippen LogP contribution in [0.2, 0.25) is 0 Å². The van der Waals surface area contributed by atoms with Gasteiger partial charge >= 0.3 is 6.18 Å². The zero-order valence-electron chi connectivity index (χ0n) is 10.8. The van der Waals surface area contributed by atoms with E-state index in [2.05, 4.69) is 5.32 Å². The Labute approximate surface area is 113 Å². The Morgan fingerprint density at radius 1 is 1.15 bits per heavy atom. The Morgan fingerprint density at radius 2 is 1.85 bits per heavy atom.